The Morgan fingerprint density at radius 2 is 1.90 bits per heavy atom. The summed E-state index contributed by atoms with van der Waals surface area (Å²) in [6.07, 6.45) is 4.36. The minimum atomic E-state index is 0.211. The maximum absolute atomic E-state index is 12.7. The van der Waals surface area contributed by atoms with Crippen LogP contribution in [0.2, 0.25) is 0 Å². The number of pyridine rings is 1. The normalized spacial score (nSPS) is 11.7. The van der Waals surface area contributed by atoms with Crippen LogP contribution in [0.1, 0.15) is 49.3 Å². The van der Waals surface area contributed by atoms with Gasteiger partial charge in [0.15, 0.2) is 11.4 Å². The van der Waals surface area contributed by atoms with Crippen LogP contribution in [0.25, 0.3) is 33.3 Å². The zero-order valence-electron chi connectivity index (χ0n) is 18.0. The maximum Gasteiger partial charge on any atom is 0.178 e. The average molecular weight is 404 g/mol. The Hall–Kier alpha value is -2.99. The number of hydrogen-bond acceptors (Lipinski definition) is 4. The van der Waals surface area contributed by atoms with Crippen molar-refractivity contribution >= 4 is 27.9 Å². The lowest BCUT2D eigenvalue weighted by molar-refractivity contribution is 0.0978. The molecule has 0 aliphatic rings. The van der Waals surface area contributed by atoms with Crippen LogP contribution < -0.4 is 0 Å². The molecule has 0 unspecified atom stereocenters. The number of aromatic amines is 2. The summed E-state index contributed by atoms with van der Waals surface area (Å²) in [5.74, 6) is 1.05. The number of carbonyl (C=O) groups excluding carboxylic acids is 1. The Kier molecular flexibility index (Phi) is 5.95. The monoisotopic (exact) mass is 403 g/mol. The number of H-pyrrole nitrogens is 2. The number of fused-ring (bicyclic) bond motifs is 2. The van der Waals surface area contributed by atoms with E-state index in [0.717, 1.165) is 71.5 Å². The van der Waals surface area contributed by atoms with Gasteiger partial charge in [-0.25, -0.2) is 9.97 Å². The second-order valence-electron chi connectivity index (χ2n) is 7.77. The number of unbranched alkanes of at least 4 members (excludes halogenated alkanes) is 1. The van der Waals surface area contributed by atoms with Gasteiger partial charge in [-0.1, -0.05) is 26.0 Å². The second kappa shape index (κ2) is 8.79. The fraction of sp³-hybridized carbons (Fsp3) is 0.375. The Bertz CT molecular complexity index is 1170. The molecule has 156 valence electrons. The predicted molar refractivity (Wildman–Crippen MR) is 122 cm³/mol. The number of ketones is 1. The summed E-state index contributed by atoms with van der Waals surface area (Å²) in [7, 11) is 0. The van der Waals surface area contributed by atoms with E-state index in [4.69, 9.17) is 0 Å². The molecule has 0 aliphatic carbocycles. The molecule has 30 heavy (non-hydrogen) atoms. The van der Waals surface area contributed by atoms with E-state index in [1.807, 2.05) is 31.2 Å². The first-order chi connectivity index (χ1) is 14.6. The molecule has 2 N–H and O–H groups in total. The van der Waals surface area contributed by atoms with Gasteiger partial charge in [0.2, 0.25) is 0 Å². The molecule has 6 nitrogen and oxygen atoms in total. The lowest BCUT2D eigenvalue weighted by atomic mass is 10.0. The predicted octanol–water partition coefficient (Wildman–Crippen LogP) is 5.11. The number of aromatic nitrogens is 4. The number of aryl methyl sites for hydroxylation is 1. The van der Waals surface area contributed by atoms with E-state index < -0.39 is 0 Å². The lowest BCUT2D eigenvalue weighted by Crippen LogP contribution is -2.24. The molecule has 0 atom stereocenters. The van der Waals surface area contributed by atoms with Crippen molar-refractivity contribution in [1.82, 2.24) is 24.8 Å². The third kappa shape index (κ3) is 4.14. The first-order valence-electron chi connectivity index (χ1n) is 10.8. The number of carbonyl (C=O) groups is 1. The molecule has 0 fully saturated rings. The lowest BCUT2D eigenvalue weighted by Gasteiger charge is -2.17. The summed E-state index contributed by atoms with van der Waals surface area (Å²) in [6.45, 7) is 9.48. The van der Waals surface area contributed by atoms with Crippen LogP contribution in [0.4, 0.5) is 0 Å². The molecule has 4 aromatic rings. The van der Waals surface area contributed by atoms with Crippen molar-refractivity contribution in [2.24, 2.45) is 0 Å². The number of hydrogen-bond donors (Lipinski definition) is 2. The summed E-state index contributed by atoms with van der Waals surface area (Å²) in [5.41, 5.74) is 5.40. The molecular formula is C24H29N5O. The molecule has 3 heterocycles. The fourth-order valence-electron chi connectivity index (χ4n) is 4.00. The number of nitrogens with one attached hydrogen (secondary N) is 2. The molecule has 0 aliphatic heterocycles. The van der Waals surface area contributed by atoms with Crippen molar-refractivity contribution in [2.75, 3.05) is 19.6 Å². The van der Waals surface area contributed by atoms with E-state index >= 15 is 0 Å². The number of benzene rings is 1. The van der Waals surface area contributed by atoms with Gasteiger partial charge in [0, 0.05) is 40.3 Å². The van der Waals surface area contributed by atoms with Crippen LogP contribution in [0.5, 0.6) is 0 Å². The average Bonchev–Trinajstić information content (AvgIpc) is 3.35. The summed E-state index contributed by atoms with van der Waals surface area (Å²) >= 11 is 0. The Morgan fingerprint density at radius 1 is 1.07 bits per heavy atom. The molecular weight excluding hydrogens is 374 g/mol. The quantitative estimate of drug-likeness (QED) is 0.301. The smallest absolute Gasteiger partial charge is 0.178 e. The molecule has 4 rings (SSSR count). The van der Waals surface area contributed by atoms with Crippen molar-refractivity contribution in [1.29, 1.82) is 0 Å². The van der Waals surface area contributed by atoms with Crippen LogP contribution in [0.15, 0.2) is 36.5 Å². The Labute approximate surface area is 176 Å². The van der Waals surface area contributed by atoms with Crippen LogP contribution in [0, 0.1) is 6.92 Å². The van der Waals surface area contributed by atoms with E-state index in [1.54, 1.807) is 6.20 Å². The van der Waals surface area contributed by atoms with Gasteiger partial charge in [0.25, 0.3) is 0 Å². The number of nitrogens with zero attached hydrogens (tertiary/aromatic N) is 3. The van der Waals surface area contributed by atoms with Crippen LogP contribution in [0.3, 0.4) is 0 Å². The van der Waals surface area contributed by atoms with E-state index in [-0.39, 0.29) is 5.78 Å². The van der Waals surface area contributed by atoms with Crippen LogP contribution in [-0.4, -0.2) is 50.3 Å². The number of Topliss-reactive ketones (excluding diaryl/α,β-unsaturated/α-hetero) is 1. The van der Waals surface area contributed by atoms with Crippen LogP contribution in [-0.2, 0) is 0 Å². The van der Waals surface area contributed by atoms with Crippen molar-refractivity contribution in [3.05, 3.63) is 47.9 Å². The van der Waals surface area contributed by atoms with Gasteiger partial charge in [0.1, 0.15) is 5.82 Å². The highest BCUT2D eigenvalue weighted by Gasteiger charge is 2.13. The molecule has 0 radical (unpaired) electrons. The fourth-order valence-corrected chi connectivity index (χ4v) is 4.00. The first-order valence-corrected chi connectivity index (χ1v) is 10.8. The molecule has 0 saturated carbocycles. The van der Waals surface area contributed by atoms with E-state index in [9.17, 15) is 4.79 Å². The van der Waals surface area contributed by atoms with Gasteiger partial charge in [-0.15, -0.1) is 0 Å². The zero-order chi connectivity index (χ0) is 21.1. The molecule has 0 bridgehead atoms. The summed E-state index contributed by atoms with van der Waals surface area (Å²) in [4.78, 5) is 30.6. The molecule has 1 aromatic carbocycles. The largest absolute Gasteiger partial charge is 0.354 e. The second-order valence-corrected chi connectivity index (χ2v) is 7.77. The highest BCUT2D eigenvalue weighted by molar-refractivity contribution is 6.01. The minimum Gasteiger partial charge on any atom is -0.354 e. The maximum atomic E-state index is 12.7. The molecule has 3 aromatic heterocycles. The standard InChI is InChI=1S/C24H29N5O/c1-4-29(5-2)13-7-6-8-22(30)18-10-9-17-14-21(28-20(17)15-18)19-11-12-25-24-23(19)26-16(3)27-24/h9-12,14-15,28H,4-8,13H2,1-3H3,(H,25,26,27). The highest BCUT2D eigenvalue weighted by Crippen LogP contribution is 2.29. The van der Waals surface area contributed by atoms with Gasteiger partial charge < -0.3 is 14.9 Å². The summed E-state index contributed by atoms with van der Waals surface area (Å²) < 4.78 is 0. The minimum absolute atomic E-state index is 0.211. The zero-order valence-corrected chi connectivity index (χ0v) is 18.0. The van der Waals surface area contributed by atoms with E-state index in [1.165, 1.54) is 0 Å². The van der Waals surface area contributed by atoms with E-state index in [0.29, 0.717) is 12.1 Å². The van der Waals surface area contributed by atoms with Gasteiger partial charge >= 0.3 is 0 Å². The van der Waals surface area contributed by atoms with Gasteiger partial charge in [-0.3, -0.25) is 4.79 Å². The Morgan fingerprint density at radius 3 is 2.70 bits per heavy atom. The van der Waals surface area contributed by atoms with Crippen molar-refractivity contribution in [3.63, 3.8) is 0 Å². The molecule has 0 amide bonds. The number of imidazole rings is 1. The third-order valence-corrected chi connectivity index (χ3v) is 5.77. The van der Waals surface area contributed by atoms with E-state index in [2.05, 4.69) is 44.7 Å². The topological polar surface area (TPSA) is 77.7 Å². The summed E-state index contributed by atoms with van der Waals surface area (Å²) in [6, 6.07) is 10.0. The first kappa shape index (κ1) is 20.3. The van der Waals surface area contributed by atoms with Crippen molar-refractivity contribution in [3.8, 4) is 11.3 Å². The highest BCUT2D eigenvalue weighted by atomic mass is 16.1. The molecule has 0 spiro atoms. The third-order valence-electron chi connectivity index (χ3n) is 5.77. The van der Waals surface area contributed by atoms with Gasteiger partial charge in [-0.05, 0) is 57.6 Å². The van der Waals surface area contributed by atoms with Gasteiger partial charge in [-0.2, -0.15) is 0 Å². The van der Waals surface area contributed by atoms with Gasteiger partial charge in [0.05, 0.1) is 5.52 Å². The van der Waals surface area contributed by atoms with Crippen molar-refractivity contribution < 1.29 is 4.79 Å². The number of rotatable bonds is 9. The van der Waals surface area contributed by atoms with Crippen molar-refractivity contribution in [2.45, 2.75) is 40.0 Å². The molecule has 6 heteroatoms. The Balaban J connectivity index is 1.50. The summed E-state index contributed by atoms with van der Waals surface area (Å²) in [5, 5.41) is 1.09. The molecule has 0 saturated heterocycles. The SMILES string of the molecule is CCN(CC)CCCCC(=O)c1ccc2cc(-c3ccnc4nc(C)[nH]c34)[nH]c2c1. The van der Waals surface area contributed by atoms with Crippen LogP contribution >= 0.6 is 0 Å².